The lowest BCUT2D eigenvalue weighted by molar-refractivity contribution is -0.130. The summed E-state index contributed by atoms with van der Waals surface area (Å²) in [6.07, 6.45) is -2.62. The summed E-state index contributed by atoms with van der Waals surface area (Å²) in [5, 5.41) is 15.3. The van der Waals surface area contributed by atoms with Crippen molar-refractivity contribution in [3.05, 3.63) is 51.7 Å². The minimum atomic E-state index is -2.62. The molecular formula is C22H26ClF2N3O4. The van der Waals surface area contributed by atoms with Crippen LogP contribution in [0.25, 0.3) is 0 Å². The van der Waals surface area contributed by atoms with Gasteiger partial charge in [-0.3, -0.25) is 9.59 Å². The number of carbonyl (C=O) groups is 2. The normalized spacial score (nSPS) is 12.4. The highest BCUT2D eigenvalue weighted by atomic mass is 35.5. The lowest BCUT2D eigenvalue weighted by Crippen LogP contribution is -2.37. The first-order chi connectivity index (χ1) is 14.8. The second-order valence-electron chi connectivity index (χ2n) is 7.94. The molecule has 0 saturated heterocycles. The van der Waals surface area contributed by atoms with Gasteiger partial charge in [0.15, 0.2) is 0 Å². The molecule has 0 aliphatic heterocycles. The van der Waals surface area contributed by atoms with Crippen LogP contribution in [0.2, 0.25) is 5.02 Å². The number of rotatable bonds is 8. The number of hydrogen-bond donors (Lipinski definition) is 3. The van der Waals surface area contributed by atoms with Crippen LogP contribution in [-0.4, -0.2) is 40.5 Å². The minimum Gasteiger partial charge on any atom is -0.486 e. The van der Waals surface area contributed by atoms with Crippen LogP contribution in [0.4, 0.5) is 14.6 Å². The van der Waals surface area contributed by atoms with Crippen LogP contribution in [-0.2, 0) is 4.79 Å². The standard InChI is InChI=1S/C22H26ClF2N3O4/c1-11-6-14(8-16(23)19(11)32-10-17(24)25)13(3)27-20(29)15-7-12(2)26-18(9-15)28-21(30)22(4,5)31/h6-9,13,17,31H,10H2,1-5H3,(H,27,29)(H,26,28,30). The maximum Gasteiger partial charge on any atom is 0.272 e. The van der Waals surface area contributed by atoms with Gasteiger partial charge in [-0.25, -0.2) is 13.8 Å². The number of halogens is 3. The van der Waals surface area contributed by atoms with Crippen LogP contribution in [0, 0.1) is 13.8 Å². The van der Waals surface area contributed by atoms with E-state index in [1.165, 1.54) is 19.9 Å². The van der Waals surface area contributed by atoms with E-state index in [0.29, 0.717) is 16.8 Å². The van der Waals surface area contributed by atoms with E-state index in [1.54, 1.807) is 39.0 Å². The molecule has 0 spiro atoms. The molecule has 3 N–H and O–H groups in total. The van der Waals surface area contributed by atoms with Crippen molar-refractivity contribution in [3.63, 3.8) is 0 Å². The zero-order chi connectivity index (χ0) is 24.2. The Morgan fingerprint density at radius 2 is 1.88 bits per heavy atom. The number of ether oxygens (including phenoxy) is 1. The van der Waals surface area contributed by atoms with Gasteiger partial charge in [0.05, 0.1) is 11.1 Å². The molecule has 2 rings (SSSR count). The highest BCUT2D eigenvalue weighted by Crippen LogP contribution is 2.32. The quantitative estimate of drug-likeness (QED) is 0.538. The first-order valence-corrected chi connectivity index (χ1v) is 10.2. The molecule has 0 fully saturated rings. The topological polar surface area (TPSA) is 101 Å². The van der Waals surface area contributed by atoms with E-state index in [2.05, 4.69) is 15.6 Å². The van der Waals surface area contributed by atoms with E-state index in [4.69, 9.17) is 16.3 Å². The number of aliphatic hydroxyl groups is 1. The smallest absolute Gasteiger partial charge is 0.272 e. The Balaban J connectivity index is 2.18. The first kappa shape index (κ1) is 25.5. The molecule has 174 valence electrons. The molecular weight excluding hydrogens is 444 g/mol. The van der Waals surface area contributed by atoms with Crippen LogP contribution in [0.5, 0.6) is 5.75 Å². The molecule has 10 heteroatoms. The minimum absolute atomic E-state index is 0.134. The summed E-state index contributed by atoms with van der Waals surface area (Å²) in [6, 6.07) is 5.74. The van der Waals surface area contributed by atoms with Crippen molar-refractivity contribution in [1.82, 2.24) is 10.3 Å². The number of alkyl halides is 2. The van der Waals surface area contributed by atoms with Crippen LogP contribution in [0.1, 0.15) is 54.0 Å². The third-order valence-electron chi connectivity index (χ3n) is 4.47. The van der Waals surface area contributed by atoms with Crippen LogP contribution < -0.4 is 15.4 Å². The number of amides is 2. The maximum absolute atomic E-state index is 12.8. The molecule has 32 heavy (non-hydrogen) atoms. The average molecular weight is 470 g/mol. The third-order valence-corrected chi connectivity index (χ3v) is 4.75. The van der Waals surface area contributed by atoms with Gasteiger partial charge in [-0.15, -0.1) is 0 Å². The molecule has 0 radical (unpaired) electrons. The molecule has 1 atom stereocenters. The first-order valence-electron chi connectivity index (χ1n) is 9.82. The summed E-state index contributed by atoms with van der Waals surface area (Å²) in [5.74, 6) is -0.774. The average Bonchev–Trinajstić information content (AvgIpc) is 2.65. The Bertz CT molecular complexity index is 986. The van der Waals surface area contributed by atoms with Crippen molar-refractivity contribution < 1.29 is 28.2 Å². The molecule has 7 nitrogen and oxygen atoms in total. The SMILES string of the molecule is Cc1cc(C(=O)NC(C)c2cc(C)c(OCC(F)F)c(Cl)c2)cc(NC(=O)C(C)(C)O)n1. The third kappa shape index (κ3) is 6.86. The Morgan fingerprint density at radius 1 is 1.22 bits per heavy atom. The second kappa shape index (κ2) is 10.2. The van der Waals surface area contributed by atoms with Gasteiger partial charge in [-0.1, -0.05) is 17.7 Å². The maximum atomic E-state index is 12.8. The van der Waals surface area contributed by atoms with Gasteiger partial charge in [-0.05, 0) is 63.9 Å². The molecule has 0 aliphatic carbocycles. The fourth-order valence-corrected chi connectivity index (χ4v) is 3.16. The molecule has 2 aromatic rings. The Labute approximate surface area is 190 Å². The van der Waals surface area contributed by atoms with Crippen LogP contribution >= 0.6 is 11.6 Å². The number of pyridine rings is 1. The molecule has 1 aromatic heterocycles. The lowest BCUT2D eigenvalue weighted by Gasteiger charge is -2.19. The number of nitrogens with zero attached hydrogens (tertiary/aromatic N) is 1. The Hall–Kier alpha value is -2.78. The molecule has 1 heterocycles. The number of anilines is 1. The van der Waals surface area contributed by atoms with Crippen molar-refractivity contribution in [2.45, 2.75) is 52.7 Å². The van der Waals surface area contributed by atoms with Gasteiger partial charge in [0.1, 0.15) is 23.8 Å². The Kier molecular flexibility index (Phi) is 8.14. The monoisotopic (exact) mass is 469 g/mol. The number of hydrogen-bond acceptors (Lipinski definition) is 5. The second-order valence-corrected chi connectivity index (χ2v) is 8.35. The molecule has 0 bridgehead atoms. The van der Waals surface area contributed by atoms with Gasteiger partial charge in [-0.2, -0.15) is 0 Å². The number of aromatic nitrogens is 1. The van der Waals surface area contributed by atoms with Crippen molar-refractivity contribution in [2.75, 3.05) is 11.9 Å². The predicted octanol–water partition coefficient (Wildman–Crippen LogP) is 4.20. The molecule has 1 aromatic carbocycles. The number of nitrogens with one attached hydrogen (secondary N) is 2. The predicted molar refractivity (Wildman–Crippen MR) is 117 cm³/mol. The van der Waals surface area contributed by atoms with Crippen molar-refractivity contribution >= 4 is 29.2 Å². The van der Waals surface area contributed by atoms with Gasteiger partial charge in [0.2, 0.25) is 0 Å². The zero-order valence-electron chi connectivity index (χ0n) is 18.4. The molecule has 0 aliphatic rings. The highest BCUT2D eigenvalue weighted by molar-refractivity contribution is 6.32. The number of benzene rings is 1. The summed E-state index contributed by atoms with van der Waals surface area (Å²) >= 11 is 6.19. The highest BCUT2D eigenvalue weighted by Gasteiger charge is 2.24. The van der Waals surface area contributed by atoms with E-state index in [-0.39, 0.29) is 22.2 Å². The number of aryl methyl sites for hydroxylation is 2. The largest absolute Gasteiger partial charge is 0.486 e. The van der Waals surface area contributed by atoms with Gasteiger partial charge < -0.3 is 20.5 Å². The van der Waals surface area contributed by atoms with Crippen LogP contribution in [0.3, 0.4) is 0 Å². The summed E-state index contributed by atoms with van der Waals surface area (Å²) in [4.78, 5) is 28.9. The molecule has 2 amide bonds. The summed E-state index contributed by atoms with van der Waals surface area (Å²) in [5.41, 5.74) is 0.369. The molecule has 0 saturated carbocycles. The van der Waals surface area contributed by atoms with Crippen molar-refractivity contribution in [1.29, 1.82) is 0 Å². The zero-order valence-corrected chi connectivity index (χ0v) is 19.2. The van der Waals surface area contributed by atoms with Crippen molar-refractivity contribution in [2.24, 2.45) is 0 Å². The number of carbonyl (C=O) groups excluding carboxylic acids is 2. The van der Waals surface area contributed by atoms with Crippen molar-refractivity contribution in [3.8, 4) is 5.75 Å². The van der Waals surface area contributed by atoms with Gasteiger partial charge in [0, 0.05) is 11.3 Å². The molecule has 1 unspecified atom stereocenters. The van der Waals surface area contributed by atoms with E-state index in [0.717, 1.165) is 0 Å². The van der Waals surface area contributed by atoms with E-state index in [9.17, 15) is 23.5 Å². The van der Waals surface area contributed by atoms with Gasteiger partial charge >= 0.3 is 0 Å². The van der Waals surface area contributed by atoms with E-state index < -0.39 is 36.5 Å². The fourth-order valence-electron chi connectivity index (χ4n) is 2.83. The Morgan fingerprint density at radius 3 is 2.44 bits per heavy atom. The van der Waals surface area contributed by atoms with E-state index >= 15 is 0 Å². The summed E-state index contributed by atoms with van der Waals surface area (Å²) in [6.45, 7) is 7.00. The summed E-state index contributed by atoms with van der Waals surface area (Å²) in [7, 11) is 0. The van der Waals surface area contributed by atoms with Crippen LogP contribution in [0.15, 0.2) is 24.3 Å². The lowest BCUT2D eigenvalue weighted by atomic mass is 10.0. The fraction of sp³-hybridized carbons (Fsp3) is 0.409. The summed E-state index contributed by atoms with van der Waals surface area (Å²) < 4.78 is 29.9. The van der Waals surface area contributed by atoms with Gasteiger partial charge in [0.25, 0.3) is 18.2 Å². The van der Waals surface area contributed by atoms with E-state index in [1.807, 2.05) is 0 Å².